The highest BCUT2D eigenvalue weighted by atomic mass is 32.2. The topological polar surface area (TPSA) is 110 Å². The molecule has 0 aliphatic heterocycles. The van der Waals surface area contributed by atoms with Gasteiger partial charge in [-0.05, 0) is 60.7 Å². The monoisotopic (exact) mass is 438 g/mol. The first-order valence-corrected chi connectivity index (χ1v) is 10.7. The largest absolute Gasteiger partial charge is 0.508 e. The maximum Gasteiger partial charge on any atom is 0.434 e. The molecule has 3 rings (SSSR count). The maximum atomic E-state index is 11.8. The molecule has 3 aromatic rings. The van der Waals surface area contributed by atoms with Gasteiger partial charge in [-0.3, -0.25) is 0 Å². The number of hydrogen-bond acceptors (Lipinski definition) is 8. The van der Waals surface area contributed by atoms with Crippen molar-refractivity contribution in [2.45, 2.75) is 20.3 Å². The van der Waals surface area contributed by atoms with E-state index in [0.717, 1.165) is 17.5 Å². The van der Waals surface area contributed by atoms with Crippen molar-refractivity contribution in [1.82, 2.24) is 10.1 Å². The van der Waals surface area contributed by atoms with Gasteiger partial charge in [-0.2, -0.15) is 9.98 Å². The van der Waals surface area contributed by atoms with Crippen molar-refractivity contribution in [3.05, 3.63) is 59.5 Å². The van der Waals surface area contributed by atoms with Gasteiger partial charge in [-0.25, -0.2) is 9.79 Å². The van der Waals surface area contributed by atoms with Crippen LogP contribution in [0.2, 0.25) is 0 Å². The molecule has 0 unspecified atom stereocenters. The maximum absolute atomic E-state index is 11.8. The molecule has 31 heavy (non-hydrogen) atoms. The lowest BCUT2D eigenvalue weighted by Crippen LogP contribution is -2.14. The van der Waals surface area contributed by atoms with Crippen molar-refractivity contribution in [2.75, 3.05) is 13.4 Å². The molecule has 0 atom stereocenters. The van der Waals surface area contributed by atoms with Gasteiger partial charge in [-0.15, -0.1) is 11.8 Å². The number of aromatic nitrogens is 2. The zero-order valence-electron chi connectivity index (χ0n) is 17.6. The minimum absolute atomic E-state index is 0.114. The summed E-state index contributed by atoms with van der Waals surface area (Å²) in [5.74, 6) is 1.09. The van der Waals surface area contributed by atoms with Gasteiger partial charge >= 0.3 is 6.09 Å². The fourth-order valence-electron chi connectivity index (χ4n) is 2.81. The van der Waals surface area contributed by atoms with Crippen LogP contribution in [-0.2, 0) is 11.2 Å². The average Bonchev–Trinajstić information content (AvgIpc) is 3.22. The van der Waals surface area contributed by atoms with Crippen LogP contribution in [0.25, 0.3) is 11.4 Å². The van der Waals surface area contributed by atoms with Crippen LogP contribution in [0.15, 0.2) is 57.0 Å². The van der Waals surface area contributed by atoms with E-state index in [1.165, 1.54) is 18.9 Å². The molecule has 1 aromatic heterocycles. The summed E-state index contributed by atoms with van der Waals surface area (Å²) >= 11 is 1.26. The Morgan fingerprint density at radius 1 is 1.23 bits per heavy atom. The fourth-order valence-corrected chi connectivity index (χ4v) is 3.33. The Morgan fingerprint density at radius 2 is 1.97 bits per heavy atom. The summed E-state index contributed by atoms with van der Waals surface area (Å²) < 4.78 is 9.71. The zero-order chi connectivity index (χ0) is 22.4. The Hall–Kier alpha value is -3.46. The molecule has 0 spiro atoms. The summed E-state index contributed by atoms with van der Waals surface area (Å²) in [5, 5.41) is 14.5. The highest BCUT2D eigenvalue weighted by Gasteiger charge is 2.16. The van der Waals surface area contributed by atoms with Crippen molar-refractivity contribution < 1.29 is 19.2 Å². The molecule has 2 aromatic carbocycles. The van der Waals surface area contributed by atoms with Crippen molar-refractivity contribution in [3.63, 3.8) is 0 Å². The summed E-state index contributed by atoms with van der Waals surface area (Å²) in [5.41, 5.74) is 3.45. The Bertz CT molecular complexity index is 1140. The number of carbonyl (C=O) groups excluding carboxylic acids is 1. The van der Waals surface area contributed by atoms with E-state index in [0.29, 0.717) is 33.7 Å². The van der Waals surface area contributed by atoms with Crippen LogP contribution in [-0.4, -0.2) is 45.5 Å². The number of aromatic hydroxyl groups is 1. The van der Waals surface area contributed by atoms with Crippen LogP contribution >= 0.6 is 11.8 Å². The number of aryl methyl sites for hydroxylation is 2. The molecular formula is C22H22N4O4S. The van der Waals surface area contributed by atoms with Gasteiger partial charge < -0.3 is 14.4 Å². The third-order valence-electron chi connectivity index (χ3n) is 4.32. The van der Waals surface area contributed by atoms with E-state index in [1.54, 1.807) is 37.4 Å². The Balaban J connectivity index is 2.09. The molecular weight excluding hydrogens is 416 g/mol. The van der Waals surface area contributed by atoms with Gasteiger partial charge in [0.15, 0.2) is 0 Å². The number of rotatable bonds is 5. The predicted octanol–water partition coefficient (Wildman–Crippen LogP) is 4.96. The first-order valence-electron chi connectivity index (χ1n) is 9.47. The molecule has 0 fully saturated rings. The standard InChI is InChI=1S/C22H22N4O4S/c1-5-14-10-16(12-18(27)11-14)19(21(31-4)25-22(28)29-3)24-17-8-6-15(7-9-17)20-23-13(2)30-26-20/h6-12,27H,5H2,1-4H3/b24-19?,25-21-. The van der Waals surface area contributed by atoms with Gasteiger partial charge in [0.2, 0.25) is 11.7 Å². The van der Waals surface area contributed by atoms with E-state index in [-0.39, 0.29) is 5.75 Å². The normalized spacial score (nSPS) is 12.1. The number of amides is 1. The molecule has 0 bridgehead atoms. The minimum atomic E-state index is -0.726. The number of ether oxygens (including phenoxy) is 1. The first-order chi connectivity index (χ1) is 14.9. The van der Waals surface area contributed by atoms with Gasteiger partial charge in [0.25, 0.3) is 0 Å². The number of nitrogens with zero attached hydrogens (tertiary/aromatic N) is 4. The van der Waals surface area contributed by atoms with Crippen molar-refractivity contribution in [1.29, 1.82) is 0 Å². The van der Waals surface area contributed by atoms with Crippen LogP contribution in [0.1, 0.15) is 23.9 Å². The molecule has 9 heteroatoms. The second kappa shape index (κ2) is 10.0. The van der Waals surface area contributed by atoms with Gasteiger partial charge in [0.1, 0.15) is 16.5 Å². The van der Waals surface area contributed by atoms with Crippen molar-refractivity contribution >= 4 is 34.3 Å². The van der Waals surface area contributed by atoms with E-state index >= 15 is 0 Å². The zero-order valence-corrected chi connectivity index (χ0v) is 18.4. The summed E-state index contributed by atoms with van der Waals surface area (Å²) in [4.78, 5) is 24.8. The molecule has 0 saturated heterocycles. The smallest absolute Gasteiger partial charge is 0.434 e. The second-order valence-electron chi connectivity index (χ2n) is 6.48. The highest BCUT2D eigenvalue weighted by molar-refractivity contribution is 8.15. The van der Waals surface area contributed by atoms with Crippen LogP contribution in [0.3, 0.4) is 0 Å². The summed E-state index contributed by atoms with van der Waals surface area (Å²) in [6.07, 6.45) is 1.80. The number of methoxy groups -OCH3 is 1. The first kappa shape index (κ1) is 22.2. The number of phenols is 1. The summed E-state index contributed by atoms with van der Waals surface area (Å²) in [6.45, 7) is 3.72. The highest BCUT2D eigenvalue weighted by Crippen LogP contribution is 2.24. The lowest BCUT2D eigenvalue weighted by Gasteiger charge is -2.11. The number of carbonyl (C=O) groups is 1. The number of aliphatic imine (C=N–C) groups is 2. The van der Waals surface area contributed by atoms with E-state index < -0.39 is 6.09 Å². The average molecular weight is 439 g/mol. The van der Waals surface area contributed by atoms with Crippen LogP contribution < -0.4 is 0 Å². The molecule has 1 heterocycles. The quantitative estimate of drug-likeness (QED) is 0.443. The van der Waals surface area contributed by atoms with E-state index in [1.807, 2.05) is 25.1 Å². The molecule has 1 N–H and O–H groups in total. The van der Waals surface area contributed by atoms with Crippen LogP contribution in [0.4, 0.5) is 10.5 Å². The molecule has 1 amide bonds. The van der Waals surface area contributed by atoms with Crippen LogP contribution in [0.5, 0.6) is 5.75 Å². The van der Waals surface area contributed by atoms with Gasteiger partial charge in [0.05, 0.1) is 12.8 Å². The molecule has 0 radical (unpaired) electrons. The third-order valence-corrected chi connectivity index (χ3v) is 4.99. The lowest BCUT2D eigenvalue weighted by atomic mass is 10.0. The lowest BCUT2D eigenvalue weighted by molar-refractivity contribution is 0.183. The Kier molecular flexibility index (Phi) is 7.19. The summed E-state index contributed by atoms with van der Waals surface area (Å²) in [7, 11) is 1.27. The number of hydrogen-bond donors (Lipinski definition) is 1. The van der Waals surface area contributed by atoms with E-state index in [2.05, 4.69) is 19.9 Å². The van der Waals surface area contributed by atoms with E-state index in [4.69, 9.17) is 9.52 Å². The van der Waals surface area contributed by atoms with Crippen LogP contribution in [0, 0.1) is 6.92 Å². The molecule has 0 aliphatic carbocycles. The molecule has 0 aliphatic rings. The second-order valence-corrected chi connectivity index (χ2v) is 7.27. The Labute approximate surface area is 184 Å². The van der Waals surface area contributed by atoms with Crippen molar-refractivity contribution in [3.8, 4) is 17.1 Å². The summed E-state index contributed by atoms with van der Waals surface area (Å²) in [6, 6.07) is 12.5. The van der Waals surface area contributed by atoms with Gasteiger partial charge in [-0.1, -0.05) is 12.1 Å². The minimum Gasteiger partial charge on any atom is -0.508 e. The fraction of sp³-hybridized carbons (Fsp3) is 0.227. The number of benzene rings is 2. The predicted molar refractivity (Wildman–Crippen MR) is 122 cm³/mol. The van der Waals surface area contributed by atoms with Gasteiger partial charge in [0, 0.05) is 18.1 Å². The Morgan fingerprint density at radius 3 is 2.55 bits per heavy atom. The third kappa shape index (κ3) is 5.58. The number of phenolic OH excluding ortho intramolecular Hbond substituents is 1. The molecule has 160 valence electrons. The SMILES string of the molecule is CCc1cc(O)cc(C(=Nc2ccc(-c3noc(C)n3)cc2)/C(=N/C(=O)OC)SC)c1. The van der Waals surface area contributed by atoms with Crippen molar-refractivity contribution in [2.24, 2.45) is 9.98 Å². The molecule has 0 saturated carbocycles. The molecule has 8 nitrogen and oxygen atoms in total. The van der Waals surface area contributed by atoms with E-state index in [9.17, 15) is 9.90 Å². The number of thioether (sulfide) groups is 1.